The number of nitrogens with zero attached hydrogens (tertiary/aromatic N) is 3. The van der Waals surface area contributed by atoms with Crippen molar-refractivity contribution >= 4 is 22.6 Å². The first-order valence-electron chi connectivity index (χ1n) is 9.52. The van der Waals surface area contributed by atoms with E-state index in [0.29, 0.717) is 11.6 Å². The van der Waals surface area contributed by atoms with E-state index in [-0.39, 0.29) is 12.5 Å². The molecule has 2 aromatic carbocycles. The third-order valence-corrected chi connectivity index (χ3v) is 4.69. The van der Waals surface area contributed by atoms with Gasteiger partial charge >= 0.3 is 0 Å². The van der Waals surface area contributed by atoms with Gasteiger partial charge in [-0.05, 0) is 35.9 Å². The molecule has 7 heteroatoms. The summed E-state index contributed by atoms with van der Waals surface area (Å²) in [5.74, 6) is 1.79. The van der Waals surface area contributed by atoms with Crippen LogP contribution >= 0.6 is 0 Å². The molecule has 150 valence electrons. The Morgan fingerprint density at radius 3 is 2.63 bits per heavy atom. The first kappa shape index (κ1) is 19.3. The molecule has 0 radical (unpaired) electrons. The van der Waals surface area contributed by atoms with E-state index in [9.17, 15) is 4.79 Å². The van der Waals surface area contributed by atoms with Gasteiger partial charge in [0.2, 0.25) is 0 Å². The second-order valence-electron chi connectivity index (χ2n) is 6.58. The van der Waals surface area contributed by atoms with Gasteiger partial charge in [-0.2, -0.15) is 0 Å². The Kier molecular flexibility index (Phi) is 5.52. The number of hydrogen-bond acceptors (Lipinski definition) is 6. The summed E-state index contributed by atoms with van der Waals surface area (Å²) in [6.45, 7) is -0.0412. The summed E-state index contributed by atoms with van der Waals surface area (Å²) >= 11 is 0. The molecule has 2 heterocycles. The lowest BCUT2D eigenvalue weighted by Crippen LogP contribution is -2.24. The number of carbonyl (C=O) groups is 1. The number of amides is 1. The molecule has 0 saturated carbocycles. The van der Waals surface area contributed by atoms with Crippen LogP contribution in [0.2, 0.25) is 0 Å². The third kappa shape index (κ3) is 3.91. The minimum Gasteiger partial charge on any atom is -0.483 e. The lowest BCUT2D eigenvalue weighted by molar-refractivity contribution is -0.122. The molecule has 0 unspecified atom stereocenters. The van der Waals surface area contributed by atoms with Gasteiger partial charge in [0.1, 0.15) is 11.6 Å². The predicted molar refractivity (Wildman–Crippen MR) is 117 cm³/mol. The molecule has 0 aliphatic rings. The van der Waals surface area contributed by atoms with Crippen molar-refractivity contribution in [1.82, 2.24) is 20.3 Å². The largest absolute Gasteiger partial charge is 0.483 e. The van der Waals surface area contributed by atoms with Crippen molar-refractivity contribution in [3.8, 4) is 28.3 Å². The number of aromatic nitrogens is 3. The summed E-state index contributed by atoms with van der Waals surface area (Å²) in [5, 5.41) is 6.62. The van der Waals surface area contributed by atoms with Gasteiger partial charge in [-0.15, -0.1) is 0 Å². The van der Waals surface area contributed by atoms with E-state index < -0.39 is 0 Å². The summed E-state index contributed by atoms with van der Waals surface area (Å²) < 4.78 is 5.72. The van der Waals surface area contributed by atoms with Gasteiger partial charge in [0.25, 0.3) is 5.91 Å². The maximum Gasteiger partial charge on any atom is 0.257 e. The molecule has 0 atom stereocenters. The average molecular weight is 399 g/mol. The van der Waals surface area contributed by atoms with Crippen molar-refractivity contribution in [1.29, 1.82) is 0 Å². The average Bonchev–Trinajstić information content (AvgIpc) is 2.82. The highest BCUT2D eigenvalue weighted by molar-refractivity contribution is 5.94. The van der Waals surface area contributed by atoms with Gasteiger partial charge in [0, 0.05) is 43.0 Å². The van der Waals surface area contributed by atoms with Crippen LogP contribution < -0.4 is 15.4 Å². The molecule has 30 heavy (non-hydrogen) atoms. The highest BCUT2D eigenvalue weighted by atomic mass is 16.5. The van der Waals surface area contributed by atoms with E-state index in [1.165, 1.54) is 0 Å². The molecule has 7 nitrogen and oxygen atoms in total. The zero-order valence-corrected chi connectivity index (χ0v) is 16.7. The van der Waals surface area contributed by atoms with Crippen LogP contribution in [0.3, 0.4) is 0 Å². The van der Waals surface area contributed by atoms with E-state index in [1.54, 1.807) is 19.4 Å². The van der Waals surface area contributed by atoms with Crippen molar-refractivity contribution in [2.24, 2.45) is 0 Å². The van der Waals surface area contributed by atoms with Crippen molar-refractivity contribution in [3.63, 3.8) is 0 Å². The number of anilines is 1. The summed E-state index contributed by atoms with van der Waals surface area (Å²) in [6.07, 6.45) is 3.47. The lowest BCUT2D eigenvalue weighted by atomic mass is 10.0. The van der Waals surface area contributed by atoms with E-state index in [1.807, 2.05) is 61.6 Å². The molecule has 4 aromatic rings. The van der Waals surface area contributed by atoms with E-state index >= 15 is 0 Å². The molecule has 2 N–H and O–H groups in total. The maximum absolute atomic E-state index is 11.6. The standard InChI is InChI=1S/C23H21N5O2/c1-24-21(29)14-30-20-8-4-3-7-17(20)15-9-10-19-18(12-15)23(25-2)28-22(27-19)16-6-5-11-26-13-16/h3-13H,14H2,1-2H3,(H,24,29)(H,25,27,28). The van der Waals surface area contributed by atoms with Crippen molar-refractivity contribution in [2.75, 3.05) is 26.0 Å². The van der Waals surface area contributed by atoms with Gasteiger partial charge < -0.3 is 15.4 Å². The Balaban J connectivity index is 1.77. The van der Waals surface area contributed by atoms with Crippen LogP contribution in [0.1, 0.15) is 0 Å². The van der Waals surface area contributed by atoms with Crippen LogP contribution in [0.15, 0.2) is 67.0 Å². The topological polar surface area (TPSA) is 89.0 Å². The summed E-state index contributed by atoms with van der Waals surface area (Å²) in [4.78, 5) is 25.1. The Bertz CT molecular complexity index is 1190. The molecule has 0 bridgehead atoms. The van der Waals surface area contributed by atoms with Gasteiger partial charge in [-0.1, -0.05) is 24.3 Å². The van der Waals surface area contributed by atoms with Gasteiger partial charge in [-0.3, -0.25) is 9.78 Å². The second kappa shape index (κ2) is 8.57. The number of pyridine rings is 1. The first-order chi connectivity index (χ1) is 14.7. The SMILES string of the molecule is CNC(=O)COc1ccccc1-c1ccc2nc(-c3cccnc3)nc(NC)c2c1. The highest BCUT2D eigenvalue weighted by Crippen LogP contribution is 2.34. The van der Waals surface area contributed by atoms with Gasteiger partial charge in [0.15, 0.2) is 12.4 Å². The monoisotopic (exact) mass is 399 g/mol. The maximum atomic E-state index is 11.6. The fourth-order valence-electron chi connectivity index (χ4n) is 3.16. The highest BCUT2D eigenvalue weighted by Gasteiger charge is 2.13. The van der Waals surface area contributed by atoms with Crippen molar-refractivity contribution < 1.29 is 9.53 Å². The molecule has 0 fully saturated rings. The van der Waals surface area contributed by atoms with E-state index in [4.69, 9.17) is 9.72 Å². The number of carbonyl (C=O) groups excluding carboxylic acids is 1. The molecule has 1 amide bonds. The van der Waals surface area contributed by atoms with E-state index in [0.717, 1.165) is 33.4 Å². The minimum absolute atomic E-state index is 0.0412. The zero-order chi connectivity index (χ0) is 20.9. The number of fused-ring (bicyclic) bond motifs is 1. The zero-order valence-electron chi connectivity index (χ0n) is 16.7. The molecule has 4 rings (SSSR count). The van der Waals surface area contributed by atoms with Crippen LogP contribution in [0, 0.1) is 0 Å². The number of likely N-dealkylation sites (N-methyl/N-ethyl adjacent to an activating group) is 1. The number of para-hydroxylation sites is 1. The van der Waals surface area contributed by atoms with Crippen LogP contribution in [0.5, 0.6) is 5.75 Å². The van der Waals surface area contributed by atoms with Crippen LogP contribution in [-0.2, 0) is 4.79 Å². The third-order valence-electron chi connectivity index (χ3n) is 4.69. The number of benzene rings is 2. The van der Waals surface area contributed by atoms with Gasteiger partial charge in [-0.25, -0.2) is 9.97 Å². The van der Waals surface area contributed by atoms with Crippen LogP contribution in [0.4, 0.5) is 5.82 Å². The molecule has 0 saturated heterocycles. The minimum atomic E-state index is -0.183. The van der Waals surface area contributed by atoms with Crippen molar-refractivity contribution in [2.45, 2.75) is 0 Å². The normalized spacial score (nSPS) is 10.6. The molecule has 0 aliphatic heterocycles. The fourth-order valence-corrected chi connectivity index (χ4v) is 3.16. The van der Waals surface area contributed by atoms with Crippen LogP contribution in [-0.4, -0.2) is 41.6 Å². The molecule has 0 spiro atoms. The summed E-state index contributed by atoms with van der Waals surface area (Å²) in [7, 11) is 3.42. The quantitative estimate of drug-likeness (QED) is 0.516. The second-order valence-corrected chi connectivity index (χ2v) is 6.58. The number of ether oxygens (including phenoxy) is 1. The van der Waals surface area contributed by atoms with Gasteiger partial charge in [0.05, 0.1) is 5.52 Å². The Hall–Kier alpha value is -4.00. The Morgan fingerprint density at radius 1 is 1.00 bits per heavy atom. The first-order valence-corrected chi connectivity index (χ1v) is 9.52. The van der Waals surface area contributed by atoms with Crippen molar-refractivity contribution in [3.05, 3.63) is 67.0 Å². The fraction of sp³-hybridized carbons (Fsp3) is 0.130. The smallest absolute Gasteiger partial charge is 0.257 e. The Morgan fingerprint density at radius 2 is 1.87 bits per heavy atom. The Labute approximate surface area is 174 Å². The predicted octanol–water partition coefficient (Wildman–Crippen LogP) is 3.53. The van der Waals surface area contributed by atoms with E-state index in [2.05, 4.69) is 20.6 Å². The molecule has 0 aliphatic carbocycles. The number of nitrogens with one attached hydrogen (secondary N) is 2. The lowest BCUT2D eigenvalue weighted by Gasteiger charge is -2.13. The molecule has 2 aromatic heterocycles. The molecular weight excluding hydrogens is 378 g/mol. The molecular formula is C23H21N5O2. The van der Waals surface area contributed by atoms with Crippen LogP contribution in [0.25, 0.3) is 33.4 Å². The number of hydrogen-bond donors (Lipinski definition) is 2. The number of rotatable bonds is 6. The summed E-state index contributed by atoms with van der Waals surface area (Å²) in [5.41, 5.74) is 3.51. The summed E-state index contributed by atoms with van der Waals surface area (Å²) in [6, 6.07) is 17.4.